The van der Waals surface area contributed by atoms with Crippen molar-refractivity contribution < 1.29 is 4.79 Å². The van der Waals surface area contributed by atoms with Crippen molar-refractivity contribution in [2.75, 3.05) is 20.1 Å². The maximum Gasteiger partial charge on any atom is 0.263 e. The van der Waals surface area contributed by atoms with Crippen LogP contribution in [0.5, 0.6) is 0 Å². The molecule has 0 unspecified atom stereocenters. The number of nitrogens with zero attached hydrogens (tertiary/aromatic N) is 1. The number of rotatable bonds is 3. The zero-order chi connectivity index (χ0) is 12.4. The molecule has 1 atom stereocenters. The molecule has 2 heterocycles. The van der Waals surface area contributed by atoms with Crippen LogP contribution in [-0.2, 0) is 6.42 Å². The zero-order valence-corrected chi connectivity index (χ0v) is 11.6. The quantitative estimate of drug-likeness (QED) is 0.893. The number of nitrogens with one attached hydrogen (secondary N) is 1. The Morgan fingerprint density at radius 3 is 2.94 bits per heavy atom. The number of hydrogen-bond donors (Lipinski definition) is 1. The minimum atomic E-state index is 0.173. The fraction of sp³-hybridized carbons (Fsp3) is 0.615. The highest BCUT2D eigenvalue weighted by Crippen LogP contribution is 2.24. The van der Waals surface area contributed by atoms with E-state index in [1.165, 1.54) is 10.4 Å². The summed E-state index contributed by atoms with van der Waals surface area (Å²) in [5.74, 6) is 0.173. The number of aryl methyl sites for hydroxylation is 2. The molecule has 0 saturated carbocycles. The molecule has 3 nitrogen and oxygen atoms in total. The lowest BCUT2D eigenvalue weighted by molar-refractivity contribution is 0.0748. The van der Waals surface area contributed by atoms with Gasteiger partial charge in [-0.15, -0.1) is 11.3 Å². The Kier molecular flexibility index (Phi) is 3.84. The van der Waals surface area contributed by atoms with E-state index in [-0.39, 0.29) is 5.91 Å². The fourth-order valence-electron chi connectivity index (χ4n) is 2.29. The van der Waals surface area contributed by atoms with Gasteiger partial charge in [-0.1, -0.05) is 6.92 Å². The predicted octanol–water partition coefficient (Wildman–Crippen LogP) is 2.05. The number of likely N-dealkylation sites (N-methyl/N-ethyl adjacent to an activating group) is 1. The molecule has 0 aliphatic carbocycles. The van der Waals surface area contributed by atoms with Gasteiger partial charge < -0.3 is 10.2 Å². The van der Waals surface area contributed by atoms with Gasteiger partial charge >= 0.3 is 0 Å². The van der Waals surface area contributed by atoms with Crippen LogP contribution in [-0.4, -0.2) is 37.0 Å². The minimum Gasteiger partial charge on any atom is -0.337 e. The molecule has 4 heteroatoms. The lowest BCUT2D eigenvalue weighted by Crippen LogP contribution is -2.37. The summed E-state index contributed by atoms with van der Waals surface area (Å²) >= 11 is 1.64. The average molecular weight is 252 g/mol. The van der Waals surface area contributed by atoms with Crippen LogP contribution in [0.4, 0.5) is 0 Å². The summed E-state index contributed by atoms with van der Waals surface area (Å²) in [4.78, 5) is 16.4. The van der Waals surface area contributed by atoms with Crippen molar-refractivity contribution >= 4 is 17.2 Å². The van der Waals surface area contributed by atoms with Gasteiger partial charge in [-0.25, -0.2) is 0 Å². The van der Waals surface area contributed by atoms with E-state index in [0.717, 1.165) is 30.8 Å². The molecule has 1 aliphatic heterocycles. The maximum absolute atomic E-state index is 12.3. The van der Waals surface area contributed by atoms with Crippen LogP contribution in [0.3, 0.4) is 0 Å². The molecule has 17 heavy (non-hydrogen) atoms. The molecule has 0 spiro atoms. The van der Waals surface area contributed by atoms with Gasteiger partial charge in [0.05, 0.1) is 4.88 Å². The number of thiophene rings is 1. The van der Waals surface area contributed by atoms with Gasteiger partial charge in [0.15, 0.2) is 0 Å². The highest BCUT2D eigenvalue weighted by atomic mass is 32.1. The second-order valence-corrected chi connectivity index (χ2v) is 5.77. The summed E-state index contributed by atoms with van der Waals surface area (Å²) in [5.41, 5.74) is 1.25. The Morgan fingerprint density at radius 1 is 1.65 bits per heavy atom. The maximum atomic E-state index is 12.3. The first-order valence-corrected chi connectivity index (χ1v) is 7.02. The molecule has 0 radical (unpaired) electrons. The van der Waals surface area contributed by atoms with Crippen molar-refractivity contribution in [3.8, 4) is 0 Å². The molecule has 1 amide bonds. The molecular weight excluding hydrogens is 232 g/mol. The number of carbonyl (C=O) groups excluding carboxylic acids is 1. The summed E-state index contributed by atoms with van der Waals surface area (Å²) in [7, 11) is 1.92. The summed E-state index contributed by atoms with van der Waals surface area (Å²) < 4.78 is 0. The van der Waals surface area contributed by atoms with Crippen molar-refractivity contribution in [1.29, 1.82) is 0 Å². The smallest absolute Gasteiger partial charge is 0.263 e. The molecule has 94 valence electrons. The molecule has 1 saturated heterocycles. The Morgan fingerprint density at radius 2 is 2.41 bits per heavy atom. The normalized spacial score (nSPS) is 19.6. The first-order valence-electron chi connectivity index (χ1n) is 6.20. The molecule has 1 N–H and O–H groups in total. The monoisotopic (exact) mass is 252 g/mol. The topological polar surface area (TPSA) is 32.3 Å². The van der Waals surface area contributed by atoms with Crippen LogP contribution in [0.15, 0.2) is 6.07 Å². The molecule has 0 aromatic carbocycles. The van der Waals surface area contributed by atoms with Crippen molar-refractivity contribution in [1.82, 2.24) is 10.2 Å². The number of amides is 1. The van der Waals surface area contributed by atoms with E-state index >= 15 is 0 Å². The molecule has 1 aliphatic rings. The van der Waals surface area contributed by atoms with Crippen molar-refractivity contribution in [2.45, 2.75) is 32.7 Å². The van der Waals surface area contributed by atoms with Crippen LogP contribution in [0.2, 0.25) is 0 Å². The Hall–Kier alpha value is -0.870. The Balaban J connectivity index is 2.12. The Labute approximate surface area is 107 Å². The van der Waals surface area contributed by atoms with Crippen molar-refractivity contribution in [2.24, 2.45) is 0 Å². The van der Waals surface area contributed by atoms with Crippen LogP contribution >= 0.6 is 11.3 Å². The van der Waals surface area contributed by atoms with Crippen molar-refractivity contribution in [3.05, 3.63) is 21.4 Å². The van der Waals surface area contributed by atoms with Gasteiger partial charge in [0.25, 0.3) is 5.91 Å². The van der Waals surface area contributed by atoms with Gasteiger partial charge in [0.2, 0.25) is 0 Å². The van der Waals surface area contributed by atoms with Crippen molar-refractivity contribution in [3.63, 3.8) is 0 Å². The first kappa shape index (κ1) is 12.6. The van der Waals surface area contributed by atoms with E-state index in [9.17, 15) is 4.79 Å². The van der Waals surface area contributed by atoms with E-state index in [2.05, 4.69) is 19.2 Å². The highest BCUT2D eigenvalue weighted by Gasteiger charge is 2.25. The van der Waals surface area contributed by atoms with Crippen LogP contribution in [0, 0.1) is 6.92 Å². The molecular formula is C13H20N2OS. The van der Waals surface area contributed by atoms with E-state index in [1.54, 1.807) is 11.3 Å². The van der Waals surface area contributed by atoms with Gasteiger partial charge in [0, 0.05) is 24.5 Å². The number of carbonyl (C=O) groups is 1. The standard InChI is InChI=1S/C13H20N2OS/c1-4-11-9(2)7-12(17-11)13(16)15(3)10-5-6-14-8-10/h7,10,14H,4-6,8H2,1-3H3/t10-/m1/s1. The average Bonchev–Trinajstić information content (AvgIpc) is 2.95. The zero-order valence-electron chi connectivity index (χ0n) is 10.7. The lowest BCUT2D eigenvalue weighted by atomic mass is 10.2. The van der Waals surface area contributed by atoms with Gasteiger partial charge in [-0.3, -0.25) is 4.79 Å². The molecule has 2 rings (SSSR count). The summed E-state index contributed by atoms with van der Waals surface area (Å²) in [6.45, 7) is 6.17. The third-order valence-corrected chi connectivity index (χ3v) is 4.82. The minimum absolute atomic E-state index is 0.173. The second kappa shape index (κ2) is 5.19. The fourth-order valence-corrected chi connectivity index (χ4v) is 3.38. The first-order chi connectivity index (χ1) is 8.13. The molecule has 1 aromatic rings. The summed E-state index contributed by atoms with van der Waals surface area (Å²) in [6.07, 6.45) is 2.08. The SMILES string of the molecule is CCc1sc(C(=O)N(C)[C@@H]2CCNC2)cc1C. The highest BCUT2D eigenvalue weighted by molar-refractivity contribution is 7.14. The van der Waals surface area contributed by atoms with Crippen LogP contribution < -0.4 is 5.32 Å². The van der Waals surface area contributed by atoms with Gasteiger partial charge in [-0.05, 0) is 37.9 Å². The van der Waals surface area contributed by atoms with E-state index in [1.807, 2.05) is 18.0 Å². The largest absolute Gasteiger partial charge is 0.337 e. The van der Waals surface area contributed by atoms with E-state index < -0.39 is 0 Å². The predicted molar refractivity (Wildman–Crippen MR) is 71.8 cm³/mol. The molecule has 1 aromatic heterocycles. The lowest BCUT2D eigenvalue weighted by Gasteiger charge is -2.23. The number of hydrogen-bond acceptors (Lipinski definition) is 3. The van der Waals surface area contributed by atoms with E-state index in [4.69, 9.17) is 0 Å². The Bertz CT molecular complexity index is 408. The summed E-state index contributed by atoms with van der Waals surface area (Å²) in [6, 6.07) is 2.39. The van der Waals surface area contributed by atoms with Crippen LogP contribution in [0.1, 0.15) is 33.5 Å². The van der Waals surface area contributed by atoms with Gasteiger partial charge in [0.1, 0.15) is 0 Å². The van der Waals surface area contributed by atoms with Gasteiger partial charge in [-0.2, -0.15) is 0 Å². The second-order valence-electron chi connectivity index (χ2n) is 4.63. The summed E-state index contributed by atoms with van der Waals surface area (Å²) in [5, 5.41) is 3.30. The molecule has 1 fully saturated rings. The third-order valence-electron chi connectivity index (χ3n) is 3.45. The van der Waals surface area contributed by atoms with Crippen LogP contribution in [0.25, 0.3) is 0 Å². The van der Waals surface area contributed by atoms with E-state index in [0.29, 0.717) is 6.04 Å². The molecule has 0 bridgehead atoms. The third kappa shape index (κ3) is 2.53.